The fourth-order valence-electron chi connectivity index (χ4n) is 3.29. The van der Waals surface area contributed by atoms with Crippen LogP contribution in [0.3, 0.4) is 0 Å². The van der Waals surface area contributed by atoms with Crippen molar-refractivity contribution in [2.24, 2.45) is 0 Å². The summed E-state index contributed by atoms with van der Waals surface area (Å²) in [6.45, 7) is 5.63. The van der Waals surface area contributed by atoms with Gasteiger partial charge in [-0.05, 0) is 68.3 Å². The number of anilines is 2. The van der Waals surface area contributed by atoms with E-state index in [4.69, 9.17) is 25.8 Å². The molecular formula is C26H27ClN2O6. The lowest BCUT2D eigenvalue weighted by atomic mass is 10.1. The summed E-state index contributed by atoms with van der Waals surface area (Å²) in [5, 5.41) is 16.2. The van der Waals surface area contributed by atoms with Crippen LogP contribution in [-0.4, -0.2) is 36.7 Å². The molecule has 0 radical (unpaired) electrons. The number of halogens is 1. The Morgan fingerprint density at radius 2 is 1.74 bits per heavy atom. The van der Waals surface area contributed by atoms with E-state index in [0.717, 1.165) is 16.8 Å². The van der Waals surface area contributed by atoms with Crippen molar-refractivity contribution in [2.45, 2.75) is 20.8 Å². The lowest BCUT2D eigenvalue weighted by molar-refractivity contribution is -0.140. The Bertz CT molecular complexity index is 1190. The minimum Gasteiger partial charge on any atom is -0.506 e. The second-order valence-electron chi connectivity index (χ2n) is 7.65. The van der Waals surface area contributed by atoms with Crippen molar-refractivity contribution < 1.29 is 28.9 Å². The quantitative estimate of drug-likeness (QED) is 0.252. The van der Waals surface area contributed by atoms with Crippen LogP contribution in [0.15, 0.2) is 54.6 Å². The van der Waals surface area contributed by atoms with E-state index in [1.807, 2.05) is 26.0 Å². The fourth-order valence-corrected chi connectivity index (χ4v) is 3.48. The molecule has 0 bridgehead atoms. The summed E-state index contributed by atoms with van der Waals surface area (Å²) in [6, 6.07) is 15.1. The monoisotopic (exact) mass is 498 g/mol. The number of hydrogen-bond acceptors (Lipinski definition) is 7. The Morgan fingerprint density at radius 3 is 2.43 bits per heavy atom. The minimum absolute atomic E-state index is 0.0636. The molecule has 3 N–H and O–H groups in total. The number of aromatic hydroxyl groups is 1. The number of carbonyl (C=O) groups is 2. The van der Waals surface area contributed by atoms with Gasteiger partial charge in [-0.15, -0.1) is 0 Å². The van der Waals surface area contributed by atoms with Crippen LogP contribution in [0.2, 0.25) is 5.02 Å². The zero-order valence-corrected chi connectivity index (χ0v) is 20.4. The highest BCUT2D eigenvalue weighted by molar-refractivity contribution is 6.32. The second kappa shape index (κ2) is 12.0. The number of phenols is 1. The molecule has 3 aromatic carbocycles. The van der Waals surface area contributed by atoms with E-state index < -0.39 is 5.91 Å². The molecule has 3 rings (SSSR count). The number of amides is 1. The molecule has 0 saturated carbocycles. The van der Waals surface area contributed by atoms with Gasteiger partial charge in [-0.3, -0.25) is 9.59 Å². The van der Waals surface area contributed by atoms with Gasteiger partial charge in [0.15, 0.2) is 6.61 Å². The number of nitrogens with one attached hydrogen (secondary N) is 2. The molecule has 0 atom stereocenters. The second-order valence-corrected chi connectivity index (χ2v) is 8.05. The van der Waals surface area contributed by atoms with Gasteiger partial charge in [-0.1, -0.05) is 23.7 Å². The Labute approximate surface area is 208 Å². The summed E-state index contributed by atoms with van der Waals surface area (Å²) in [7, 11) is 0. The molecule has 0 fully saturated rings. The van der Waals surface area contributed by atoms with Crippen LogP contribution in [0, 0.1) is 13.8 Å². The van der Waals surface area contributed by atoms with E-state index in [2.05, 4.69) is 10.6 Å². The molecular weight excluding hydrogens is 472 g/mol. The van der Waals surface area contributed by atoms with Crippen LogP contribution < -0.4 is 20.1 Å². The van der Waals surface area contributed by atoms with Crippen molar-refractivity contribution >= 4 is 34.9 Å². The first-order valence-electron chi connectivity index (χ1n) is 11.0. The van der Waals surface area contributed by atoms with E-state index >= 15 is 0 Å². The van der Waals surface area contributed by atoms with Gasteiger partial charge in [0.05, 0.1) is 17.3 Å². The molecule has 1 amide bonds. The highest BCUT2D eigenvalue weighted by Gasteiger charge is 2.13. The van der Waals surface area contributed by atoms with Crippen molar-refractivity contribution in [1.82, 2.24) is 0 Å². The highest BCUT2D eigenvalue weighted by atomic mass is 35.5. The van der Waals surface area contributed by atoms with E-state index in [0.29, 0.717) is 28.9 Å². The molecule has 9 heteroatoms. The zero-order valence-electron chi connectivity index (χ0n) is 19.7. The first-order chi connectivity index (χ1) is 16.8. The maximum Gasteiger partial charge on any atom is 0.325 e. The van der Waals surface area contributed by atoms with Gasteiger partial charge < -0.3 is 30.0 Å². The average molecular weight is 499 g/mol. The lowest BCUT2D eigenvalue weighted by Gasteiger charge is -2.16. The number of carbonyl (C=O) groups excluding carboxylic acids is 2. The van der Waals surface area contributed by atoms with Gasteiger partial charge >= 0.3 is 5.97 Å². The summed E-state index contributed by atoms with van der Waals surface area (Å²) < 4.78 is 16.4. The molecule has 0 unspecified atom stereocenters. The molecule has 0 aliphatic rings. The Morgan fingerprint density at radius 1 is 1.03 bits per heavy atom. The van der Waals surface area contributed by atoms with Crippen molar-refractivity contribution in [3.05, 3.63) is 70.7 Å². The number of rotatable bonds is 10. The molecule has 0 saturated heterocycles. The summed E-state index contributed by atoms with van der Waals surface area (Å²) >= 11 is 6.03. The predicted octanol–water partition coefficient (Wildman–Crippen LogP) is 5.45. The standard InChI is InChI=1S/C26H27ClN2O6/c1-4-33-25(32)14-28-18-11-16(2)26(17(3)12-18)35-19-9-10-22(30)21(13-19)29-24(31)15-34-23-8-6-5-7-20(23)27/h5-13,28,30H,4,14-15H2,1-3H3,(H,29,31). The number of ether oxygens (including phenoxy) is 3. The number of benzene rings is 3. The molecule has 184 valence electrons. The minimum atomic E-state index is -0.471. The van der Waals surface area contributed by atoms with Gasteiger partial charge in [-0.25, -0.2) is 0 Å². The topological polar surface area (TPSA) is 106 Å². The van der Waals surface area contributed by atoms with Gasteiger partial charge in [0, 0.05) is 11.8 Å². The van der Waals surface area contributed by atoms with Gasteiger partial charge in [0.2, 0.25) is 0 Å². The molecule has 3 aromatic rings. The molecule has 0 aliphatic carbocycles. The Balaban J connectivity index is 1.66. The van der Waals surface area contributed by atoms with Crippen molar-refractivity contribution in [1.29, 1.82) is 0 Å². The third-order valence-electron chi connectivity index (χ3n) is 4.86. The largest absolute Gasteiger partial charge is 0.506 e. The smallest absolute Gasteiger partial charge is 0.325 e. The Hall–Kier alpha value is -3.91. The Kier molecular flexibility index (Phi) is 8.80. The van der Waals surface area contributed by atoms with Gasteiger partial charge in [0.25, 0.3) is 5.91 Å². The van der Waals surface area contributed by atoms with Gasteiger partial charge in [0.1, 0.15) is 29.5 Å². The predicted molar refractivity (Wildman–Crippen MR) is 135 cm³/mol. The van der Waals surface area contributed by atoms with E-state index in [-0.39, 0.29) is 30.6 Å². The molecule has 0 heterocycles. The first kappa shape index (κ1) is 25.7. The average Bonchev–Trinajstić information content (AvgIpc) is 2.82. The van der Waals surface area contributed by atoms with Crippen molar-refractivity contribution in [3.63, 3.8) is 0 Å². The van der Waals surface area contributed by atoms with E-state index in [9.17, 15) is 14.7 Å². The molecule has 35 heavy (non-hydrogen) atoms. The summed E-state index contributed by atoms with van der Waals surface area (Å²) in [5.74, 6) is 0.508. The van der Waals surface area contributed by atoms with Crippen LogP contribution in [0.5, 0.6) is 23.0 Å². The summed E-state index contributed by atoms with van der Waals surface area (Å²) in [5.41, 5.74) is 2.61. The number of phenolic OH excluding ortho intramolecular Hbond substituents is 1. The van der Waals surface area contributed by atoms with Crippen LogP contribution in [0.4, 0.5) is 11.4 Å². The van der Waals surface area contributed by atoms with Crippen molar-refractivity contribution in [3.8, 4) is 23.0 Å². The van der Waals surface area contributed by atoms with Crippen LogP contribution in [0.25, 0.3) is 0 Å². The maximum atomic E-state index is 12.3. The molecule has 0 aliphatic heterocycles. The van der Waals surface area contributed by atoms with Crippen LogP contribution in [-0.2, 0) is 14.3 Å². The molecule has 0 aromatic heterocycles. The lowest BCUT2D eigenvalue weighted by Crippen LogP contribution is -2.20. The third kappa shape index (κ3) is 7.28. The number of para-hydroxylation sites is 1. The molecule has 0 spiro atoms. The van der Waals surface area contributed by atoms with E-state index in [1.54, 1.807) is 37.3 Å². The SMILES string of the molecule is CCOC(=O)CNc1cc(C)c(Oc2ccc(O)c(NC(=O)COc3ccccc3Cl)c2)c(C)c1. The van der Waals surface area contributed by atoms with E-state index in [1.165, 1.54) is 12.1 Å². The molecule has 8 nitrogen and oxygen atoms in total. The normalized spacial score (nSPS) is 10.4. The van der Waals surface area contributed by atoms with Crippen LogP contribution in [0.1, 0.15) is 18.1 Å². The number of esters is 1. The summed E-state index contributed by atoms with van der Waals surface area (Å²) in [6.07, 6.45) is 0. The first-order valence-corrected chi connectivity index (χ1v) is 11.3. The zero-order chi connectivity index (χ0) is 25.4. The third-order valence-corrected chi connectivity index (χ3v) is 5.17. The van der Waals surface area contributed by atoms with Crippen molar-refractivity contribution in [2.75, 3.05) is 30.4 Å². The summed E-state index contributed by atoms with van der Waals surface area (Å²) in [4.78, 5) is 23.9. The number of aryl methyl sites for hydroxylation is 2. The highest BCUT2D eigenvalue weighted by Crippen LogP contribution is 2.35. The van der Waals surface area contributed by atoms with Gasteiger partial charge in [-0.2, -0.15) is 0 Å². The number of hydrogen-bond donors (Lipinski definition) is 3. The maximum absolute atomic E-state index is 12.3. The fraction of sp³-hybridized carbons (Fsp3) is 0.231. The van der Waals surface area contributed by atoms with Crippen LogP contribution >= 0.6 is 11.6 Å².